The Kier molecular flexibility index (Phi) is 46.5. The van der Waals surface area contributed by atoms with Crippen molar-refractivity contribution in [1.29, 1.82) is 0 Å². The molecule has 0 rings (SSSR count). The Bertz CT molecular complexity index is 892. The minimum Gasteiger partial charge on any atom is -0.457 e. The molecule has 0 aromatic rings. The zero-order chi connectivity index (χ0) is 43.2. The summed E-state index contributed by atoms with van der Waals surface area (Å²) in [5.41, 5.74) is 0. The lowest BCUT2D eigenvalue weighted by Crippen LogP contribution is -2.29. The van der Waals surface area contributed by atoms with E-state index in [2.05, 4.69) is 13.8 Å². The number of phosphoric ester groups is 1. The van der Waals surface area contributed by atoms with E-state index in [-0.39, 0.29) is 25.6 Å². The molecule has 0 aliphatic rings. The fourth-order valence-corrected chi connectivity index (χ4v) is 8.44. The van der Waals surface area contributed by atoms with Crippen LogP contribution in [0.5, 0.6) is 0 Å². The van der Waals surface area contributed by atoms with E-state index in [9.17, 15) is 19.4 Å². The van der Waals surface area contributed by atoms with E-state index >= 15 is 0 Å². The summed E-state index contributed by atoms with van der Waals surface area (Å²) in [5, 5.41) is 18.4. The van der Waals surface area contributed by atoms with Crippen LogP contribution in [-0.4, -0.2) is 66.3 Å². The molecule has 3 N–H and O–H groups in total. The summed E-state index contributed by atoms with van der Waals surface area (Å²) in [5.74, 6) is -0.374. The third kappa shape index (κ3) is 46.8. The molecule has 0 aliphatic carbocycles. The summed E-state index contributed by atoms with van der Waals surface area (Å²) < 4.78 is 33.5. The minimum atomic E-state index is -4.51. The molecule has 0 fully saturated rings. The largest absolute Gasteiger partial charge is 0.472 e. The number of ether oxygens (including phenoxy) is 2. The maximum absolute atomic E-state index is 12.7. The van der Waals surface area contributed by atoms with Crippen LogP contribution in [0.15, 0.2) is 0 Å². The van der Waals surface area contributed by atoms with Gasteiger partial charge in [-0.3, -0.25) is 13.8 Å². The molecule has 3 atom stereocenters. The third-order valence-electron chi connectivity index (χ3n) is 11.5. The first-order valence-corrected chi connectivity index (χ1v) is 27.0. The number of esters is 1. The molecular formula is C49H99O9P. The molecule has 9 nitrogen and oxygen atoms in total. The molecule has 0 saturated heterocycles. The van der Waals surface area contributed by atoms with Crippen LogP contribution in [-0.2, 0) is 27.9 Å². The summed E-state index contributed by atoms with van der Waals surface area (Å²) >= 11 is 0. The van der Waals surface area contributed by atoms with Gasteiger partial charge in [0.2, 0.25) is 0 Å². The molecule has 0 amide bonds. The lowest BCUT2D eigenvalue weighted by molar-refractivity contribution is -0.154. The van der Waals surface area contributed by atoms with Crippen LogP contribution < -0.4 is 0 Å². The maximum Gasteiger partial charge on any atom is 0.472 e. The Morgan fingerprint density at radius 2 is 0.763 bits per heavy atom. The highest BCUT2D eigenvalue weighted by atomic mass is 31.2. The molecule has 0 spiro atoms. The van der Waals surface area contributed by atoms with Crippen LogP contribution in [0.1, 0.15) is 264 Å². The molecule has 59 heavy (non-hydrogen) atoms. The zero-order valence-corrected chi connectivity index (χ0v) is 39.9. The molecule has 0 aromatic heterocycles. The average Bonchev–Trinajstić information content (AvgIpc) is 3.23. The Hall–Kier alpha value is -0.540. The van der Waals surface area contributed by atoms with Crippen molar-refractivity contribution in [3.8, 4) is 0 Å². The number of unbranched alkanes of at least 4 members (excludes halogenated alkanes) is 36. The van der Waals surface area contributed by atoms with E-state index < -0.39 is 33.2 Å². The van der Waals surface area contributed by atoms with Gasteiger partial charge in [-0.25, -0.2) is 4.57 Å². The number of hydrogen-bond donors (Lipinski definition) is 3. The number of carbonyl (C=O) groups is 1. The van der Waals surface area contributed by atoms with Gasteiger partial charge in [0.05, 0.1) is 26.4 Å². The van der Waals surface area contributed by atoms with Crippen LogP contribution in [0.4, 0.5) is 0 Å². The molecule has 0 radical (unpaired) electrons. The van der Waals surface area contributed by atoms with Crippen molar-refractivity contribution in [2.75, 3.05) is 33.0 Å². The highest BCUT2D eigenvalue weighted by molar-refractivity contribution is 7.47. The van der Waals surface area contributed by atoms with E-state index in [0.29, 0.717) is 6.61 Å². The van der Waals surface area contributed by atoms with Gasteiger partial charge in [0.1, 0.15) is 12.2 Å². The normalized spacial score (nSPS) is 13.8. The van der Waals surface area contributed by atoms with Crippen molar-refractivity contribution < 1.29 is 43.0 Å². The lowest BCUT2D eigenvalue weighted by atomic mass is 10.0. The van der Waals surface area contributed by atoms with Crippen molar-refractivity contribution in [2.45, 2.75) is 276 Å². The number of hydrogen-bond acceptors (Lipinski definition) is 8. The summed E-state index contributed by atoms with van der Waals surface area (Å²) in [7, 11) is -4.51. The van der Waals surface area contributed by atoms with Crippen molar-refractivity contribution >= 4 is 13.8 Å². The molecule has 0 heterocycles. The summed E-state index contributed by atoms with van der Waals surface area (Å²) in [4.78, 5) is 22.6. The molecule has 3 unspecified atom stereocenters. The highest BCUT2D eigenvalue weighted by Crippen LogP contribution is 2.43. The Morgan fingerprint density at radius 3 is 1.10 bits per heavy atom. The first-order valence-electron chi connectivity index (χ1n) is 25.5. The second-order valence-electron chi connectivity index (χ2n) is 17.6. The van der Waals surface area contributed by atoms with Crippen molar-refractivity contribution in [2.24, 2.45) is 0 Å². The predicted octanol–water partition coefficient (Wildman–Crippen LogP) is 14.7. The van der Waals surface area contributed by atoms with Gasteiger partial charge >= 0.3 is 13.8 Å². The van der Waals surface area contributed by atoms with Gasteiger partial charge in [0, 0.05) is 13.0 Å². The van der Waals surface area contributed by atoms with E-state index in [1.54, 1.807) is 0 Å². The first kappa shape index (κ1) is 58.5. The topological polar surface area (TPSA) is 132 Å². The van der Waals surface area contributed by atoms with Gasteiger partial charge in [-0.1, -0.05) is 245 Å². The van der Waals surface area contributed by atoms with E-state index in [4.69, 9.17) is 23.6 Å². The number of aliphatic hydroxyl groups is 2. The monoisotopic (exact) mass is 863 g/mol. The summed E-state index contributed by atoms with van der Waals surface area (Å²) in [6.45, 7) is 3.60. The highest BCUT2D eigenvalue weighted by Gasteiger charge is 2.26. The third-order valence-corrected chi connectivity index (χ3v) is 12.5. The molecular weight excluding hydrogens is 764 g/mol. The minimum absolute atomic E-state index is 0.0587. The molecule has 354 valence electrons. The fraction of sp³-hybridized carbons (Fsp3) is 0.980. The van der Waals surface area contributed by atoms with Gasteiger partial charge in [-0.05, 0) is 12.8 Å². The number of rotatable bonds is 50. The molecule has 0 saturated carbocycles. The van der Waals surface area contributed by atoms with Crippen molar-refractivity contribution in [3.63, 3.8) is 0 Å². The van der Waals surface area contributed by atoms with Gasteiger partial charge < -0.3 is 24.6 Å². The average molecular weight is 863 g/mol. The predicted molar refractivity (Wildman–Crippen MR) is 247 cm³/mol. The maximum atomic E-state index is 12.7. The quantitative estimate of drug-likeness (QED) is 0.0311. The van der Waals surface area contributed by atoms with E-state index in [1.807, 2.05) is 0 Å². The number of phosphoric acid groups is 1. The smallest absolute Gasteiger partial charge is 0.457 e. The van der Waals surface area contributed by atoms with E-state index in [0.717, 1.165) is 32.1 Å². The van der Waals surface area contributed by atoms with Crippen molar-refractivity contribution in [1.82, 2.24) is 0 Å². The van der Waals surface area contributed by atoms with Crippen LogP contribution in [0.2, 0.25) is 0 Å². The Labute approximate surface area is 365 Å². The summed E-state index contributed by atoms with van der Waals surface area (Å²) in [6, 6.07) is 0. The molecule has 10 heteroatoms. The van der Waals surface area contributed by atoms with E-state index in [1.165, 1.54) is 212 Å². The SMILES string of the molecule is CCCCCCCCCCCCCCCCCCCCCCCCCOCC(COP(=O)(O)OCC(O)CO)OC(=O)CCCCCCCCCCCCCCCCC. The number of carbonyl (C=O) groups excluding carboxylic acids is 1. The van der Waals surface area contributed by atoms with Gasteiger partial charge in [-0.15, -0.1) is 0 Å². The lowest BCUT2D eigenvalue weighted by Gasteiger charge is -2.20. The van der Waals surface area contributed by atoms with Crippen LogP contribution in [0.25, 0.3) is 0 Å². The fourth-order valence-electron chi connectivity index (χ4n) is 7.65. The van der Waals surface area contributed by atoms with Crippen LogP contribution in [0.3, 0.4) is 0 Å². The number of aliphatic hydroxyl groups excluding tert-OH is 2. The standard InChI is InChI=1S/C49H99O9P/c1-3-5-7-9-11-13-15-17-19-20-21-22-23-24-25-26-28-30-32-34-36-38-40-42-55-45-48(46-57-59(53,54)56-44-47(51)43-50)58-49(52)41-39-37-35-33-31-29-27-18-16-14-12-10-8-6-4-2/h47-48,50-51H,3-46H2,1-2H3,(H,53,54). The second kappa shape index (κ2) is 47.0. The second-order valence-corrected chi connectivity index (χ2v) is 19.0. The van der Waals surface area contributed by atoms with Crippen LogP contribution in [0, 0.1) is 0 Å². The molecule has 0 bridgehead atoms. The van der Waals surface area contributed by atoms with Gasteiger partial charge in [0.15, 0.2) is 0 Å². The van der Waals surface area contributed by atoms with Crippen LogP contribution >= 0.6 is 7.82 Å². The van der Waals surface area contributed by atoms with Gasteiger partial charge in [0.25, 0.3) is 0 Å². The Balaban J connectivity index is 3.98. The van der Waals surface area contributed by atoms with Gasteiger partial charge in [-0.2, -0.15) is 0 Å². The Morgan fingerprint density at radius 1 is 0.458 bits per heavy atom. The molecule has 0 aromatic carbocycles. The molecule has 0 aliphatic heterocycles. The zero-order valence-electron chi connectivity index (χ0n) is 39.0. The van der Waals surface area contributed by atoms with Crippen molar-refractivity contribution in [3.05, 3.63) is 0 Å². The first-order chi connectivity index (χ1) is 28.8. The summed E-state index contributed by atoms with van der Waals surface area (Å²) in [6.07, 6.45) is 47.9.